The van der Waals surface area contributed by atoms with Gasteiger partial charge in [0, 0.05) is 18.7 Å². The van der Waals surface area contributed by atoms with Crippen molar-refractivity contribution < 1.29 is 22.7 Å². The van der Waals surface area contributed by atoms with E-state index >= 15 is 0 Å². The van der Waals surface area contributed by atoms with E-state index in [1.165, 1.54) is 4.31 Å². The summed E-state index contributed by atoms with van der Waals surface area (Å²) in [7, 11) is -4.06. The quantitative estimate of drug-likeness (QED) is 0.831. The van der Waals surface area contributed by atoms with Gasteiger partial charge < -0.3 is 5.11 Å². The monoisotopic (exact) mass is 381 g/mol. The van der Waals surface area contributed by atoms with Crippen molar-refractivity contribution in [2.75, 3.05) is 4.31 Å². The Morgan fingerprint density at radius 2 is 2.08 bits per heavy atom. The van der Waals surface area contributed by atoms with Crippen LogP contribution in [0.25, 0.3) is 0 Å². The van der Waals surface area contributed by atoms with Crippen LogP contribution in [-0.4, -0.2) is 35.3 Å². The van der Waals surface area contributed by atoms with E-state index in [-0.39, 0.29) is 10.9 Å². The summed E-state index contributed by atoms with van der Waals surface area (Å²) in [5, 5.41) is 13.4. The number of aromatic nitrogens is 2. The first kappa shape index (κ1) is 18.4. The van der Waals surface area contributed by atoms with E-state index in [0.717, 1.165) is 24.6 Å². The minimum Gasteiger partial charge on any atom is -0.478 e. The minimum atomic E-state index is -4.06. The summed E-state index contributed by atoms with van der Waals surface area (Å²) in [5.74, 6) is -2.04. The Bertz CT molecular complexity index is 951. The predicted octanol–water partition coefficient (Wildman–Crippen LogP) is 2.80. The maximum absolute atomic E-state index is 13.7. The minimum absolute atomic E-state index is 0.222. The number of sulfonamides is 1. The van der Waals surface area contributed by atoms with E-state index in [9.17, 15) is 17.6 Å². The molecule has 140 valence electrons. The van der Waals surface area contributed by atoms with Crippen LogP contribution in [0.5, 0.6) is 0 Å². The second-order valence-electron chi connectivity index (χ2n) is 6.29. The van der Waals surface area contributed by atoms with Crippen LogP contribution in [0.4, 0.5) is 10.2 Å². The van der Waals surface area contributed by atoms with E-state index in [1.54, 1.807) is 17.7 Å². The molecule has 7 nitrogen and oxygen atoms in total. The zero-order chi connectivity index (χ0) is 19.1. The van der Waals surface area contributed by atoms with Crippen LogP contribution in [0.2, 0.25) is 0 Å². The van der Waals surface area contributed by atoms with Crippen molar-refractivity contribution >= 4 is 21.8 Å². The Kier molecular flexibility index (Phi) is 4.74. The summed E-state index contributed by atoms with van der Waals surface area (Å²) in [4.78, 5) is 10.9. The van der Waals surface area contributed by atoms with Crippen molar-refractivity contribution in [1.82, 2.24) is 9.78 Å². The summed E-state index contributed by atoms with van der Waals surface area (Å²) < 4.78 is 43.2. The molecule has 0 saturated heterocycles. The number of hydrogen-bond donors (Lipinski definition) is 1. The standard InChI is InChI=1S/C17H20FN3O4S/c1-3-20-16(9-11(2)19-20)21(12-5-4-6-12)26(24,25)13-7-8-15(18)14(10-13)17(22)23/h7-10,12H,3-6H2,1-2H3,(H,22,23). The first-order chi connectivity index (χ1) is 12.3. The highest BCUT2D eigenvalue weighted by Crippen LogP contribution is 2.35. The second kappa shape index (κ2) is 6.71. The number of benzene rings is 1. The molecule has 1 saturated carbocycles. The number of halogens is 1. The lowest BCUT2D eigenvalue weighted by atomic mass is 9.93. The van der Waals surface area contributed by atoms with Crippen molar-refractivity contribution in [2.24, 2.45) is 0 Å². The van der Waals surface area contributed by atoms with Gasteiger partial charge in [-0.1, -0.05) is 0 Å². The Morgan fingerprint density at radius 3 is 2.62 bits per heavy atom. The van der Waals surface area contributed by atoms with Gasteiger partial charge in [0.05, 0.1) is 16.2 Å². The van der Waals surface area contributed by atoms with Crippen molar-refractivity contribution in [3.05, 3.63) is 41.3 Å². The van der Waals surface area contributed by atoms with Crippen molar-refractivity contribution in [1.29, 1.82) is 0 Å². The maximum atomic E-state index is 13.7. The molecular formula is C17H20FN3O4S. The average molecular weight is 381 g/mol. The lowest BCUT2D eigenvalue weighted by molar-refractivity contribution is 0.0691. The fourth-order valence-electron chi connectivity index (χ4n) is 3.01. The molecule has 1 aliphatic carbocycles. The Hall–Kier alpha value is -2.42. The molecule has 1 aromatic heterocycles. The van der Waals surface area contributed by atoms with E-state index in [4.69, 9.17) is 5.11 Å². The summed E-state index contributed by atoms with van der Waals surface area (Å²) >= 11 is 0. The SMILES string of the molecule is CCn1nc(C)cc1N(C1CCC1)S(=O)(=O)c1ccc(F)c(C(=O)O)c1. The number of carboxylic acids is 1. The molecule has 0 amide bonds. The third-order valence-electron chi connectivity index (χ3n) is 4.54. The van der Waals surface area contributed by atoms with Crippen molar-refractivity contribution in [3.63, 3.8) is 0 Å². The molecule has 0 aliphatic heterocycles. The molecule has 2 aromatic rings. The molecule has 1 heterocycles. The van der Waals surface area contributed by atoms with E-state index in [0.29, 0.717) is 30.9 Å². The highest BCUT2D eigenvalue weighted by atomic mass is 32.2. The van der Waals surface area contributed by atoms with Gasteiger partial charge in [-0.2, -0.15) is 5.10 Å². The van der Waals surface area contributed by atoms with Gasteiger partial charge in [0.1, 0.15) is 11.6 Å². The fourth-order valence-corrected chi connectivity index (χ4v) is 4.74. The number of aryl methyl sites for hydroxylation is 2. The van der Waals surface area contributed by atoms with Gasteiger partial charge in [0.25, 0.3) is 10.0 Å². The Balaban J connectivity index is 2.14. The van der Waals surface area contributed by atoms with Crippen LogP contribution in [0, 0.1) is 12.7 Å². The molecule has 9 heteroatoms. The molecular weight excluding hydrogens is 361 g/mol. The summed E-state index contributed by atoms with van der Waals surface area (Å²) in [6.45, 7) is 4.13. The van der Waals surface area contributed by atoms with Crippen LogP contribution in [0.15, 0.2) is 29.2 Å². The van der Waals surface area contributed by atoms with Crippen molar-refractivity contribution in [3.8, 4) is 0 Å². The zero-order valence-electron chi connectivity index (χ0n) is 14.5. The van der Waals surface area contributed by atoms with Gasteiger partial charge in [-0.25, -0.2) is 26.6 Å². The number of nitrogens with zero attached hydrogens (tertiary/aromatic N) is 3. The highest BCUT2D eigenvalue weighted by molar-refractivity contribution is 7.92. The predicted molar refractivity (Wildman–Crippen MR) is 93.3 cm³/mol. The lowest BCUT2D eigenvalue weighted by Gasteiger charge is -2.37. The normalized spacial score (nSPS) is 14.9. The first-order valence-electron chi connectivity index (χ1n) is 8.37. The molecule has 0 unspecified atom stereocenters. The molecule has 1 N–H and O–H groups in total. The van der Waals surface area contributed by atoms with Gasteiger partial charge in [-0.3, -0.25) is 0 Å². The van der Waals surface area contributed by atoms with Crippen LogP contribution >= 0.6 is 0 Å². The molecule has 0 spiro atoms. The van der Waals surface area contributed by atoms with Crippen LogP contribution in [0.1, 0.15) is 42.2 Å². The molecule has 1 fully saturated rings. The van der Waals surface area contributed by atoms with Crippen LogP contribution in [-0.2, 0) is 16.6 Å². The maximum Gasteiger partial charge on any atom is 0.338 e. The lowest BCUT2D eigenvalue weighted by Crippen LogP contribution is -2.45. The fraction of sp³-hybridized carbons (Fsp3) is 0.412. The number of hydrogen-bond acceptors (Lipinski definition) is 4. The van der Waals surface area contributed by atoms with Gasteiger partial charge in [-0.05, 0) is 51.3 Å². The summed E-state index contributed by atoms with van der Waals surface area (Å²) in [6.07, 6.45) is 2.33. The average Bonchev–Trinajstić information content (AvgIpc) is 2.90. The number of rotatable bonds is 6. The van der Waals surface area contributed by atoms with E-state index < -0.39 is 27.4 Å². The van der Waals surface area contributed by atoms with E-state index in [2.05, 4.69) is 5.10 Å². The zero-order valence-corrected chi connectivity index (χ0v) is 15.3. The van der Waals surface area contributed by atoms with Crippen molar-refractivity contribution in [2.45, 2.75) is 50.6 Å². The molecule has 0 radical (unpaired) electrons. The molecule has 1 aliphatic rings. The number of aromatic carboxylic acids is 1. The molecule has 3 rings (SSSR count). The van der Waals surface area contributed by atoms with Gasteiger partial charge >= 0.3 is 5.97 Å². The van der Waals surface area contributed by atoms with Gasteiger partial charge in [0.2, 0.25) is 0 Å². The third kappa shape index (κ3) is 3.07. The molecule has 0 bridgehead atoms. The summed E-state index contributed by atoms with van der Waals surface area (Å²) in [6, 6.07) is 4.32. The van der Waals surface area contributed by atoms with Gasteiger partial charge in [0.15, 0.2) is 0 Å². The molecule has 0 atom stereocenters. The highest BCUT2D eigenvalue weighted by Gasteiger charge is 2.37. The second-order valence-corrected chi connectivity index (χ2v) is 8.11. The van der Waals surface area contributed by atoms with Crippen LogP contribution in [0.3, 0.4) is 0 Å². The number of anilines is 1. The summed E-state index contributed by atoms with van der Waals surface area (Å²) in [5.41, 5.74) is 0.0199. The van der Waals surface area contributed by atoms with E-state index in [1.807, 2.05) is 6.92 Å². The van der Waals surface area contributed by atoms with Gasteiger partial charge in [-0.15, -0.1) is 0 Å². The molecule has 1 aromatic carbocycles. The first-order valence-corrected chi connectivity index (χ1v) is 9.81. The number of carbonyl (C=O) groups is 1. The Morgan fingerprint density at radius 1 is 1.38 bits per heavy atom. The largest absolute Gasteiger partial charge is 0.478 e. The molecule has 26 heavy (non-hydrogen) atoms. The number of carboxylic acid groups (broad SMARTS) is 1. The Labute approximate surface area is 151 Å². The smallest absolute Gasteiger partial charge is 0.338 e. The topological polar surface area (TPSA) is 92.5 Å². The third-order valence-corrected chi connectivity index (χ3v) is 6.39. The van der Waals surface area contributed by atoms with Crippen LogP contribution < -0.4 is 4.31 Å².